The second-order valence-corrected chi connectivity index (χ2v) is 8.05. The van der Waals surface area contributed by atoms with E-state index >= 15 is 0 Å². The van der Waals surface area contributed by atoms with Crippen molar-refractivity contribution in [2.24, 2.45) is 5.92 Å². The Morgan fingerprint density at radius 2 is 1.93 bits per heavy atom. The van der Waals surface area contributed by atoms with Gasteiger partial charge in [0.2, 0.25) is 11.7 Å². The Balaban J connectivity index is 1.80. The first kappa shape index (κ1) is 20.7. The van der Waals surface area contributed by atoms with Crippen LogP contribution in [-0.4, -0.2) is 27.2 Å². The molecule has 1 atom stereocenters. The molecule has 1 aromatic heterocycles. The van der Waals surface area contributed by atoms with Crippen LogP contribution in [0.3, 0.4) is 0 Å². The third-order valence-corrected chi connectivity index (χ3v) is 6.14. The molecule has 7 heteroatoms. The second kappa shape index (κ2) is 9.01. The zero-order valence-electron chi connectivity index (χ0n) is 17.0. The van der Waals surface area contributed by atoms with Crippen LogP contribution >= 0.6 is 11.3 Å². The van der Waals surface area contributed by atoms with Crippen molar-refractivity contribution >= 4 is 28.3 Å². The molecule has 0 unspecified atom stereocenters. The predicted octanol–water partition coefficient (Wildman–Crippen LogP) is 4.42. The highest BCUT2D eigenvalue weighted by atomic mass is 32.1. The number of nitrogens with zero attached hydrogens (tertiary/aromatic N) is 1. The highest BCUT2D eigenvalue weighted by Crippen LogP contribution is 2.40. The smallest absolute Gasteiger partial charge is 0.249 e. The van der Waals surface area contributed by atoms with Crippen LogP contribution in [0.5, 0.6) is 17.2 Å². The Labute approximate surface area is 174 Å². The molecular formula is C22H24N2O4S. The molecule has 1 aliphatic rings. The summed E-state index contributed by atoms with van der Waals surface area (Å²) in [6.07, 6.45) is 6.04. The van der Waals surface area contributed by atoms with Crippen molar-refractivity contribution in [1.29, 1.82) is 5.26 Å². The number of fused-ring (bicyclic) bond motifs is 1. The Kier molecular flexibility index (Phi) is 6.45. The normalized spacial score (nSPS) is 15.5. The average molecular weight is 413 g/mol. The zero-order chi connectivity index (χ0) is 21.0. The summed E-state index contributed by atoms with van der Waals surface area (Å²) in [5, 5.41) is 13.1. The highest BCUT2D eigenvalue weighted by molar-refractivity contribution is 7.16. The van der Waals surface area contributed by atoms with Gasteiger partial charge >= 0.3 is 0 Å². The molecule has 29 heavy (non-hydrogen) atoms. The molecule has 1 amide bonds. The number of benzene rings is 1. The lowest BCUT2D eigenvalue weighted by Crippen LogP contribution is -2.10. The summed E-state index contributed by atoms with van der Waals surface area (Å²) in [6.45, 7) is 2.22. The molecule has 0 saturated heterocycles. The number of carbonyl (C=O) groups excluding carboxylic acids is 1. The van der Waals surface area contributed by atoms with Gasteiger partial charge in [-0.3, -0.25) is 4.79 Å². The summed E-state index contributed by atoms with van der Waals surface area (Å²) in [5.74, 6) is 1.84. The highest BCUT2D eigenvalue weighted by Gasteiger charge is 2.24. The number of ether oxygens (including phenoxy) is 3. The van der Waals surface area contributed by atoms with Crippen LogP contribution < -0.4 is 19.5 Å². The molecule has 2 aromatic rings. The van der Waals surface area contributed by atoms with E-state index in [0.29, 0.717) is 33.7 Å². The largest absolute Gasteiger partial charge is 0.493 e. The molecule has 0 saturated carbocycles. The van der Waals surface area contributed by atoms with Crippen LogP contribution in [0.4, 0.5) is 5.00 Å². The van der Waals surface area contributed by atoms with Crippen LogP contribution in [0.2, 0.25) is 0 Å². The summed E-state index contributed by atoms with van der Waals surface area (Å²) in [5.41, 5.74) is 2.43. The minimum atomic E-state index is -0.290. The van der Waals surface area contributed by atoms with Crippen molar-refractivity contribution in [3.05, 3.63) is 39.8 Å². The van der Waals surface area contributed by atoms with Gasteiger partial charge in [0.05, 0.1) is 26.9 Å². The van der Waals surface area contributed by atoms with Gasteiger partial charge < -0.3 is 19.5 Å². The summed E-state index contributed by atoms with van der Waals surface area (Å²) < 4.78 is 16.0. The van der Waals surface area contributed by atoms with Crippen molar-refractivity contribution in [1.82, 2.24) is 0 Å². The zero-order valence-corrected chi connectivity index (χ0v) is 17.8. The predicted molar refractivity (Wildman–Crippen MR) is 114 cm³/mol. The lowest BCUT2D eigenvalue weighted by Gasteiger charge is -2.17. The van der Waals surface area contributed by atoms with E-state index < -0.39 is 0 Å². The molecule has 1 aromatic carbocycles. The quantitative estimate of drug-likeness (QED) is 0.710. The van der Waals surface area contributed by atoms with Gasteiger partial charge in [-0.1, -0.05) is 6.92 Å². The maximum Gasteiger partial charge on any atom is 0.249 e. The minimum Gasteiger partial charge on any atom is -0.493 e. The standard InChI is InChI=1S/C22H24N2O4S/c1-13-5-7-15-16(12-23)22(29-19(15)9-13)24-20(25)8-6-14-10-17(26-2)21(28-4)18(11-14)27-3/h6,8,10-11,13H,5,7,9H2,1-4H3,(H,24,25)/b8-6-/t13-/m1/s1. The number of anilines is 1. The molecular weight excluding hydrogens is 388 g/mol. The van der Waals surface area contributed by atoms with E-state index in [-0.39, 0.29) is 5.91 Å². The molecule has 3 rings (SSSR count). The topological polar surface area (TPSA) is 80.6 Å². The van der Waals surface area contributed by atoms with Crippen molar-refractivity contribution < 1.29 is 19.0 Å². The summed E-state index contributed by atoms with van der Waals surface area (Å²) in [6, 6.07) is 5.79. The summed E-state index contributed by atoms with van der Waals surface area (Å²) in [7, 11) is 4.62. The maximum atomic E-state index is 12.5. The lowest BCUT2D eigenvalue weighted by molar-refractivity contribution is -0.111. The van der Waals surface area contributed by atoms with Crippen molar-refractivity contribution in [3.63, 3.8) is 0 Å². The first-order valence-electron chi connectivity index (χ1n) is 9.34. The van der Waals surface area contributed by atoms with E-state index in [9.17, 15) is 10.1 Å². The van der Waals surface area contributed by atoms with E-state index in [1.165, 1.54) is 29.4 Å². The molecule has 1 N–H and O–H groups in total. The number of nitriles is 1. The summed E-state index contributed by atoms with van der Waals surface area (Å²) in [4.78, 5) is 13.7. The number of methoxy groups -OCH3 is 3. The third-order valence-electron chi connectivity index (χ3n) is 4.97. The summed E-state index contributed by atoms with van der Waals surface area (Å²) >= 11 is 1.51. The van der Waals surface area contributed by atoms with Gasteiger partial charge in [0.1, 0.15) is 11.1 Å². The molecule has 1 aliphatic carbocycles. The van der Waals surface area contributed by atoms with Gasteiger partial charge in [-0.2, -0.15) is 5.26 Å². The Morgan fingerprint density at radius 1 is 1.24 bits per heavy atom. The monoisotopic (exact) mass is 412 g/mol. The molecule has 0 aliphatic heterocycles. The Hall–Kier alpha value is -2.98. The molecule has 0 spiro atoms. The van der Waals surface area contributed by atoms with Crippen LogP contribution in [0.15, 0.2) is 18.2 Å². The fraction of sp³-hybridized carbons (Fsp3) is 0.364. The Morgan fingerprint density at radius 3 is 2.52 bits per heavy atom. The number of hydrogen-bond acceptors (Lipinski definition) is 6. The van der Waals surface area contributed by atoms with Crippen molar-refractivity contribution in [2.75, 3.05) is 26.6 Å². The van der Waals surface area contributed by atoms with Crippen molar-refractivity contribution in [2.45, 2.75) is 26.2 Å². The Bertz CT molecular complexity index is 962. The van der Waals surface area contributed by atoms with Crippen LogP contribution in [0.1, 0.15) is 34.9 Å². The lowest BCUT2D eigenvalue weighted by atomic mass is 9.89. The molecule has 152 valence electrons. The molecule has 0 radical (unpaired) electrons. The number of nitrogens with one attached hydrogen (secondary N) is 1. The number of carbonyl (C=O) groups is 1. The van der Waals surface area contributed by atoms with Gasteiger partial charge in [-0.15, -0.1) is 11.3 Å². The van der Waals surface area contributed by atoms with Gasteiger partial charge in [0, 0.05) is 11.0 Å². The SMILES string of the molecule is COc1cc(/C=C\C(=O)Nc2sc3c(c2C#N)CC[C@@H](C)C3)cc(OC)c1OC. The molecule has 1 heterocycles. The first-order chi connectivity index (χ1) is 14.0. The molecule has 6 nitrogen and oxygen atoms in total. The fourth-order valence-corrected chi connectivity index (χ4v) is 4.84. The van der Waals surface area contributed by atoms with E-state index in [2.05, 4.69) is 18.3 Å². The van der Waals surface area contributed by atoms with E-state index in [0.717, 1.165) is 30.4 Å². The van der Waals surface area contributed by atoms with Gasteiger partial charge in [0.25, 0.3) is 0 Å². The van der Waals surface area contributed by atoms with E-state index in [1.807, 2.05) is 0 Å². The molecule has 0 bridgehead atoms. The van der Waals surface area contributed by atoms with Gasteiger partial charge in [-0.25, -0.2) is 0 Å². The van der Waals surface area contributed by atoms with Crippen LogP contribution in [0, 0.1) is 17.2 Å². The number of amides is 1. The van der Waals surface area contributed by atoms with E-state index in [1.54, 1.807) is 32.4 Å². The fourth-order valence-electron chi connectivity index (χ4n) is 3.48. The van der Waals surface area contributed by atoms with Gasteiger partial charge in [0.15, 0.2) is 11.5 Å². The van der Waals surface area contributed by atoms with Crippen LogP contribution in [-0.2, 0) is 17.6 Å². The average Bonchev–Trinajstić information content (AvgIpc) is 3.06. The number of hydrogen-bond donors (Lipinski definition) is 1. The van der Waals surface area contributed by atoms with E-state index in [4.69, 9.17) is 14.2 Å². The number of rotatable bonds is 6. The maximum absolute atomic E-state index is 12.5. The van der Waals surface area contributed by atoms with Crippen molar-refractivity contribution in [3.8, 4) is 23.3 Å². The molecule has 0 fully saturated rings. The van der Waals surface area contributed by atoms with Crippen LogP contribution in [0.25, 0.3) is 6.08 Å². The minimum absolute atomic E-state index is 0.290. The number of thiophene rings is 1. The second-order valence-electron chi connectivity index (χ2n) is 6.95. The third kappa shape index (κ3) is 4.38. The first-order valence-corrected chi connectivity index (χ1v) is 10.2. The van der Waals surface area contributed by atoms with Gasteiger partial charge in [-0.05, 0) is 54.5 Å².